The molecule has 0 saturated carbocycles. The average Bonchev–Trinajstić information content (AvgIpc) is 2.90. The molecule has 0 aliphatic carbocycles. The lowest BCUT2D eigenvalue weighted by molar-refractivity contribution is -0.143. The maximum atomic E-state index is 13.8. The quantitative estimate of drug-likeness (QED) is 0.301. The molecule has 0 aromatic heterocycles. The number of para-hydroxylation sites is 1. The molecule has 2 amide bonds. The molecular formula is C31H37ClN2O3. The molecule has 1 N–H and O–H groups in total. The first-order valence-corrected chi connectivity index (χ1v) is 13.3. The number of carbonyl (C=O) groups is 2. The van der Waals surface area contributed by atoms with Crippen LogP contribution in [0.4, 0.5) is 0 Å². The summed E-state index contributed by atoms with van der Waals surface area (Å²) in [6.45, 7) is 8.16. The highest BCUT2D eigenvalue weighted by molar-refractivity contribution is 6.31. The smallest absolute Gasteiger partial charge is 0.261 e. The SMILES string of the molecule is CC[C@@H](C)NC(=O)[C@H](Cc1ccccc1)N(Cc1ccccc1Cl)C(=O)COc1ccccc1C(C)C. The fourth-order valence-electron chi connectivity index (χ4n) is 4.12. The van der Waals surface area contributed by atoms with Crippen LogP contribution in [0.15, 0.2) is 78.9 Å². The number of amides is 2. The molecule has 0 fully saturated rings. The van der Waals surface area contributed by atoms with E-state index >= 15 is 0 Å². The number of rotatable bonds is 12. The van der Waals surface area contributed by atoms with E-state index in [1.54, 1.807) is 11.0 Å². The van der Waals surface area contributed by atoms with E-state index in [2.05, 4.69) is 19.2 Å². The predicted octanol–water partition coefficient (Wildman–Crippen LogP) is 6.40. The van der Waals surface area contributed by atoms with Gasteiger partial charge in [0.2, 0.25) is 5.91 Å². The number of nitrogens with zero attached hydrogens (tertiary/aromatic N) is 1. The maximum Gasteiger partial charge on any atom is 0.261 e. The van der Waals surface area contributed by atoms with E-state index < -0.39 is 6.04 Å². The summed E-state index contributed by atoms with van der Waals surface area (Å²) in [4.78, 5) is 29.0. The van der Waals surface area contributed by atoms with Gasteiger partial charge in [-0.15, -0.1) is 0 Å². The van der Waals surface area contributed by atoms with Crippen LogP contribution >= 0.6 is 11.6 Å². The number of ether oxygens (including phenoxy) is 1. The first-order valence-electron chi connectivity index (χ1n) is 12.9. The van der Waals surface area contributed by atoms with Gasteiger partial charge in [0.1, 0.15) is 11.8 Å². The lowest BCUT2D eigenvalue weighted by Crippen LogP contribution is -2.53. The van der Waals surface area contributed by atoms with Crippen LogP contribution in [0, 0.1) is 0 Å². The maximum absolute atomic E-state index is 13.8. The Hall–Kier alpha value is -3.31. The van der Waals surface area contributed by atoms with Crippen molar-refractivity contribution in [3.8, 4) is 5.75 Å². The summed E-state index contributed by atoms with van der Waals surface area (Å²) in [5, 5.41) is 3.63. The van der Waals surface area contributed by atoms with Crippen LogP contribution in [-0.2, 0) is 22.6 Å². The predicted molar refractivity (Wildman–Crippen MR) is 150 cm³/mol. The first kappa shape index (κ1) is 28.3. The zero-order chi connectivity index (χ0) is 26.8. The van der Waals surface area contributed by atoms with Gasteiger partial charge in [-0.2, -0.15) is 0 Å². The highest BCUT2D eigenvalue weighted by Crippen LogP contribution is 2.26. The van der Waals surface area contributed by atoms with Crippen molar-refractivity contribution in [2.75, 3.05) is 6.61 Å². The van der Waals surface area contributed by atoms with Gasteiger partial charge in [-0.05, 0) is 48.1 Å². The van der Waals surface area contributed by atoms with Crippen molar-refractivity contribution in [2.45, 2.75) is 65.1 Å². The van der Waals surface area contributed by atoms with Gasteiger partial charge >= 0.3 is 0 Å². The third-order valence-electron chi connectivity index (χ3n) is 6.46. The molecule has 0 spiro atoms. The minimum atomic E-state index is -0.732. The Kier molecular flexibility index (Phi) is 10.6. The van der Waals surface area contributed by atoms with Gasteiger partial charge in [-0.3, -0.25) is 9.59 Å². The van der Waals surface area contributed by atoms with Crippen molar-refractivity contribution in [2.24, 2.45) is 0 Å². The van der Waals surface area contributed by atoms with Crippen LogP contribution in [0.2, 0.25) is 5.02 Å². The van der Waals surface area contributed by atoms with E-state index in [-0.39, 0.29) is 36.9 Å². The molecular weight excluding hydrogens is 484 g/mol. The van der Waals surface area contributed by atoms with E-state index in [1.807, 2.05) is 86.6 Å². The molecule has 2 atom stereocenters. The highest BCUT2D eigenvalue weighted by Gasteiger charge is 2.31. The second-order valence-electron chi connectivity index (χ2n) is 9.62. The fraction of sp³-hybridized carbons (Fsp3) is 0.355. The normalized spacial score (nSPS) is 12.6. The van der Waals surface area contributed by atoms with Crippen LogP contribution < -0.4 is 10.1 Å². The number of hydrogen-bond acceptors (Lipinski definition) is 3. The van der Waals surface area contributed by atoms with Crippen molar-refractivity contribution >= 4 is 23.4 Å². The minimum absolute atomic E-state index is 0.0165. The molecule has 196 valence electrons. The van der Waals surface area contributed by atoms with Gasteiger partial charge in [-0.1, -0.05) is 99.1 Å². The Morgan fingerprint density at radius 2 is 1.57 bits per heavy atom. The Labute approximate surface area is 225 Å². The van der Waals surface area contributed by atoms with E-state index in [0.717, 1.165) is 23.1 Å². The molecule has 0 aliphatic rings. The van der Waals surface area contributed by atoms with E-state index in [9.17, 15) is 9.59 Å². The van der Waals surface area contributed by atoms with Crippen LogP contribution in [0.1, 0.15) is 56.7 Å². The van der Waals surface area contributed by atoms with Gasteiger partial charge in [0.15, 0.2) is 6.61 Å². The molecule has 3 rings (SSSR count). The summed E-state index contributed by atoms with van der Waals surface area (Å²) in [5.74, 6) is 0.449. The number of nitrogens with one attached hydrogen (secondary N) is 1. The van der Waals surface area contributed by atoms with Gasteiger partial charge in [0.25, 0.3) is 5.91 Å². The zero-order valence-corrected chi connectivity index (χ0v) is 22.9. The van der Waals surface area contributed by atoms with Crippen LogP contribution in [0.3, 0.4) is 0 Å². The molecule has 3 aromatic carbocycles. The van der Waals surface area contributed by atoms with Crippen LogP contribution in [0.25, 0.3) is 0 Å². The topological polar surface area (TPSA) is 58.6 Å². The van der Waals surface area contributed by atoms with E-state index in [4.69, 9.17) is 16.3 Å². The summed E-state index contributed by atoms with van der Waals surface area (Å²) < 4.78 is 6.04. The van der Waals surface area contributed by atoms with Crippen LogP contribution in [-0.4, -0.2) is 35.4 Å². The summed E-state index contributed by atoms with van der Waals surface area (Å²) in [5.41, 5.74) is 2.77. The molecule has 37 heavy (non-hydrogen) atoms. The molecule has 5 nitrogen and oxygen atoms in total. The van der Waals surface area contributed by atoms with Crippen LogP contribution in [0.5, 0.6) is 5.75 Å². The molecule has 0 saturated heterocycles. The largest absolute Gasteiger partial charge is 0.483 e. The molecule has 0 unspecified atom stereocenters. The lowest BCUT2D eigenvalue weighted by atomic mass is 10.0. The standard InChI is InChI=1S/C31H37ClN2O3/c1-5-23(4)33-31(36)28(19-24-13-7-6-8-14-24)34(20-25-15-9-11-17-27(25)32)30(35)21-37-29-18-12-10-16-26(29)22(2)3/h6-18,22-23,28H,5,19-21H2,1-4H3,(H,33,36)/t23-,28+/m1/s1. The minimum Gasteiger partial charge on any atom is -0.483 e. The third-order valence-corrected chi connectivity index (χ3v) is 6.83. The van der Waals surface area contributed by atoms with E-state index in [0.29, 0.717) is 17.2 Å². The van der Waals surface area contributed by atoms with Gasteiger partial charge in [0, 0.05) is 24.0 Å². The fourth-order valence-corrected chi connectivity index (χ4v) is 4.31. The summed E-state index contributed by atoms with van der Waals surface area (Å²) in [6, 6.07) is 24.1. The monoisotopic (exact) mass is 520 g/mol. The van der Waals surface area contributed by atoms with Crippen molar-refractivity contribution < 1.29 is 14.3 Å². The molecule has 0 heterocycles. The van der Waals surface area contributed by atoms with E-state index in [1.165, 1.54) is 0 Å². The number of benzene rings is 3. The van der Waals surface area contributed by atoms with Gasteiger partial charge < -0.3 is 15.0 Å². The molecule has 0 radical (unpaired) electrons. The van der Waals surface area contributed by atoms with Crippen molar-refractivity contribution in [1.29, 1.82) is 0 Å². The Bertz CT molecular complexity index is 1170. The summed E-state index contributed by atoms with van der Waals surface area (Å²) >= 11 is 6.48. The summed E-state index contributed by atoms with van der Waals surface area (Å²) in [7, 11) is 0. The molecule has 3 aromatic rings. The van der Waals surface area contributed by atoms with Gasteiger partial charge in [-0.25, -0.2) is 0 Å². The first-order chi connectivity index (χ1) is 17.8. The molecule has 0 aliphatic heterocycles. The van der Waals surface area contributed by atoms with Gasteiger partial charge in [0.05, 0.1) is 0 Å². The second-order valence-corrected chi connectivity index (χ2v) is 10.0. The number of hydrogen-bond donors (Lipinski definition) is 1. The average molecular weight is 521 g/mol. The molecule has 0 bridgehead atoms. The lowest BCUT2D eigenvalue weighted by Gasteiger charge is -2.32. The van der Waals surface area contributed by atoms with Crippen molar-refractivity contribution in [3.63, 3.8) is 0 Å². The number of halogens is 1. The Morgan fingerprint density at radius 1 is 0.919 bits per heavy atom. The number of carbonyl (C=O) groups excluding carboxylic acids is 2. The molecule has 6 heteroatoms. The second kappa shape index (κ2) is 13.8. The Balaban J connectivity index is 1.95. The summed E-state index contributed by atoms with van der Waals surface area (Å²) in [6.07, 6.45) is 1.17. The highest BCUT2D eigenvalue weighted by atomic mass is 35.5. The van der Waals surface area contributed by atoms with Crippen molar-refractivity contribution in [1.82, 2.24) is 10.2 Å². The van der Waals surface area contributed by atoms with Crippen molar-refractivity contribution in [3.05, 3.63) is 101 Å². The third kappa shape index (κ3) is 8.09. The zero-order valence-electron chi connectivity index (χ0n) is 22.1. The Morgan fingerprint density at radius 3 is 2.24 bits per heavy atom.